The fourth-order valence-corrected chi connectivity index (χ4v) is 4.03. The smallest absolute Gasteiger partial charge is 0.0383 e. The zero-order valence-corrected chi connectivity index (χ0v) is 11.7. The van der Waals surface area contributed by atoms with E-state index in [0.717, 1.165) is 35.5 Å². The molecule has 2 rings (SSSR count). The predicted octanol–water partition coefficient (Wildman–Crippen LogP) is 5.13. The molecule has 0 N–H and O–H groups in total. The van der Waals surface area contributed by atoms with Crippen LogP contribution in [0, 0.1) is 35.5 Å². The minimum absolute atomic E-state index is 0.980. The van der Waals surface area contributed by atoms with E-state index in [9.17, 15) is 0 Å². The third-order valence-corrected chi connectivity index (χ3v) is 5.94. The van der Waals surface area contributed by atoms with E-state index < -0.39 is 0 Å². The van der Waals surface area contributed by atoms with Crippen molar-refractivity contribution in [2.45, 2.75) is 66.2 Å². The summed E-state index contributed by atoms with van der Waals surface area (Å²) in [5, 5.41) is 0. The van der Waals surface area contributed by atoms with Gasteiger partial charge in [0, 0.05) is 0 Å². The molecule has 0 amide bonds. The Morgan fingerprint density at radius 1 is 0.500 bits per heavy atom. The molecule has 0 aromatic carbocycles. The summed E-state index contributed by atoms with van der Waals surface area (Å²) in [6, 6.07) is 0. The van der Waals surface area contributed by atoms with Gasteiger partial charge in [-0.15, -0.1) is 0 Å². The monoisotopic (exact) mass is 222 g/mol. The molecule has 6 atom stereocenters. The van der Waals surface area contributed by atoms with Crippen LogP contribution in [-0.4, -0.2) is 0 Å². The first-order chi connectivity index (χ1) is 7.58. The summed E-state index contributed by atoms with van der Waals surface area (Å²) in [6.07, 6.45) is 9.08. The van der Waals surface area contributed by atoms with Crippen LogP contribution in [0.25, 0.3) is 0 Å². The Hall–Kier alpha value is 0. The van der Waals surface area contributed by atoms with E-state index in [0.29, 0.717) is 0 Å². The van der Waals surface area contributed by atoms with Crippen molar-refractivity contribution in [2.24, 2.45) is 35.5 Å². The summed E-state index contributed by atoms with van der Waals surface area (Å²) in [6.45, 7) is 9.86. The van der Waals surface area contributed by atoms with Crippen molar-refractivity contribution in [3.63, 3.8) is 0 Å². The molecule has 0 spiro atoms. The van der Waals surface area contributed by atoms with Gasteiger partial charge in [0.2, 0.25) is 0 Å². The van der Waals surface area contributed by atoms with Crippen molar-refractivity contribution < 1.29 is 0 Å². The Kier molecular flexibility index (Phi) is 3.97. The van der Waals surface area contributed by atoms with Gasteiger partial charge in [-0.2, -0.15) is 0 Å². The first-order valence-corrected chi connectivity index (χ1v) is 7.58. The van der Waals surface area contributed by atoms with Gasteiger partial charge in [0.1, 0.15) is 0 Å². The maximum atomic E-state index is 2.48. The number of hydrogen-bond donors (Lipinski definition) is 0. The summed E-state index contributed by atoms with van der Waals surface area (Å²) >= 11 is 0. The summed E-state index contributed by atoms with van der Waals surface area (Å²) in [4.78, 5) is 0. The second-order valence-electron chi connectivity index (χ2n) is 7.06. The molecule has 0 aromatic rings. The molecule has 0 heterocycles. The molecule has 2 aliphatic carbocycles. The topological polar surface area (TPSA) is 0 Å². The van der Waals surface area contributed by atoms with E-state index in [1.54, 1.807) is 0 Å². The van der Waals surface area contributed by atoms with Crippen molar-refractivity contribution in [3.05, 3.63) is 0 Å². The van der Waals surface area contributed by atoms with Crippen LogP contribution >= 0.6 is 0 Å². The van der Waals surface area contributed by atoms with Crippen molar-refractivity contribution >= 4 is 0 Å². The maximum Gasteiger partial charge on any atom is -0.0383 e. The van der Waals surface area contributed by atoms with Crippen molar-refractivity contribution in [2.75, 3.05) is 0 Å². The largest absolute Gasteiger partial charge is 0.0623 e. The zero-order chi connectivity index (χ0) is 11.7. The SMILES string of the molecule is CC1CCC(C2CCC(C)C(C)C2)CC1C. The van der Waals surface area contributed by atoms with Crippen molar-refractivity contribution in [1.82, 2.24) is 0 Å². The van der Waals surface area contributed by atoms with Gasteiger partial charge in [-0.1, -0.05) is 40.5 Å². The van der Waals surface area contributed by atoms with Crippen LogP contribution in [0.5, 0.6) is 0 Å². The lowest BCUT2D eigenvalue weighted by Crippen LogP contribution is -2.31. The first-order valence-electron chi connectivity index (χ1n) is 7.58. The molecule has 2 saturated carbocycles. The van der Waals surface area contributed by atoms with Crippen LogP contribution in [0.2, 0.25) is 0 Å². The predicted molar refractivity (Wildman–Crippen MR) is 71.3 cm³/mol. The molecule has 2 fully saturated rings. The zero-order valence-electron chi connectivity index (χ0n) is 11.7. The summed E-state index contributed by atoms with van der Waals surface area (Å²) in [5.41, 5.74) is 0. The Balaban J connectivity index is 1.88. The van der Waals surface area contributed by atoms with Gasteiger partial charge in [-0.3, -0.25) is 0 Å². The number of hydrogen-bond acceptors (Lipinski definition) is 0. The third-order valence-electron chi connectivity index (χ3n) is 5.94. The van der Waals surface area contributed by atoms with Crippen LogP contribution in [0.15, 0.2) is 0 Å². The average Bonchev–Trinajstić information content (AvgIpc) is 2.26. The molecular formula is C16H30. The van der Waals surface area contributed by atoms with E-state index in [2.05, 4.69) is 27.7 Å². The maximum absolute atomic E-state index is 2.48. The van der Waals surface area contributed by atoms with Crippen LogP contribution in [0.3, 0.4) is 0 Å². The molecule has 6 unspecified atom stereocenters. The summed E-state index contributed by atoms with van der Waals surface area (Å²) in [5.74, 6) is 6.07. The van der Waals surface area contributed by atoms with Crippen molar-refractivity contribution in [1.29, 1.82) is 0 Å². The molecule has 2 aliphatic rings. The molecule has 0 saturated heterocycles. The summed E-state index contributed by atoms with van der Waals surface area (Å²) in [7, 11) is 0. The minimum Gasteiger partial charge on any atom is -0.0623 e. The van der Waals surface area contributed by atoms with Crippen molar-refractivity contribution in [3.8, 4) is 0 Å². The first kappa shape index (κ1) is 12.5. The highest BCUT2D eigenvalue weighted by molar-refractivity contribution is 4.84. The van der Waals surface area contributed by atoms with E-state index in [1.807, 2.05) is 0 Å². The second-order valence-corrected chi connectivity index (χ2v) is 7.06. The normalized spacial score (nSPS) is 50.2. The molecule has 94 valence electrons. The summed E-state index contributed by atoms with van der Waals surface area (Å²) < 4.78 is 0. The standard InChI is InChI=1S/C16H30/c1-11-5-7-15(9-13(11)3)16-8-6-12(2)14(4)10-16/h11-16H,5-10H2,1-4H3. The Labute approximate surface area is 102 Å². The molecule has 16 heavy (non-hydrogen) atoms. The Morgan fingerprint density at radius 3 is 1.19 bits per heavy atom. The van der Waals surface area contributed by atoms with Crippen LogP contribution in [-0.2, 0) is 0 Å². The highest BCUT2D eigenvalue weighted by Gasteiger charge is 2.33. The lowest BCUT2D eigenvalue weighted by atomic mass is 9.64. The molecular weight excluding hydrogens is 192 g/mol. The Morgan fingerprint density at radius 2 is 0.875 bits per heavy atom. The fraction of sp³-hybridized carbons (Fsp3) is 1.00. The van der Waals surface area contributed by atoms with E-state index in [4.69, 9.17) is 0 Å². The molecule has 0 nitrogen and oxygen atoms in total. The van der Waals surface area contributed by atoms with Crippen LogP contribution < -0.4 is 0 Å². The van der Waals surface area contributed by atoms with Gasteiger partial charge in [-0.05, 0) is 61.2 Å². The lowest BCUT2D eigenvalue weighted by molar-refractivity contribution is 0.0956. The Bertz CT molecular complexity index is 196. The van der Waals surface area contributed by atoms with Crippen LogP contribution in [0.4, 0.5) is 0 Å². The fourth-order valence-electron chi connectivity index (χ4n) is 4.03. The van der Waals surface area contributed by atoms with Crippen LogP contribution in [0.1, 0.15) is 66.2 Å². The second kappa shape index (κ2) is 5.10. The lowest BCUT2D eigenvalue weighted by Gasteiger charge is -2.41. The average molecular weight is 222 g/mol. The van der Waals surface area contributed by atoms with Gasteiger partial charge >= 0.3 is 0 Å². The third kappa shape index (κ3) is 2.63. The molecule has 0 aliphatic heterocycles. The van der Waals surface area contributed by atoms with Gasteiger partial charge < -0.3 is 0 Å². The highest BCUT2D eigenvalue weighted by atomic mass is 14.4. The van der Waals surface area contributed by atoms with Gasteiger partial charge in [-0.25, -0.2) is 0 Å². The molecule has 0 radical (unpaired) electrons. The number of rotatable bonds is 1. The molecule has 0 heteroatoms. The van der Waals surface area contributed by atoms with Gasteiger partial charge in [0.05, 0.1) is 0 Å². The van der Waals surface area contributed by atoms with Gasteiger partial charge in [0.25, 0.3) is 0 Å². The molecule has 0 bridgehead atoms. The minimum atomic E-state index is 0.980. The molecule has 0 aromatic heterocycles. The quantitative estimate of drug-likeness (QED) is 0.577. The highest BCUT2D eigenvalue weighted by Crippen LogP contribution is 2.44. The van der Waals surface area contributed by atoms with E-state index >= 15 is 0 Å². The van der Waals surface area contributed by atoms with Gasteiger partial charge in [0.15, 0.2) is 0 Å². The van der Waals surface area contributed by atoms with E-state index in [1.165, 1.54) is 38.5 Å². The van der Waals surface area contributed by atoms with E-state index in [-0.39, 0.29) is 0 Å².